The fourth-order valence-electron chi connectivity index (χ4n) is 1.67. The fraction of sp³-hybridized carbons (Fsp3) is 0.533. The molecule has 0 atom stereocenters. The molecule has 2 N–H and O–H groups in total. The molecule has 0 fully saturated rings. The number of guanidine groups is 1. The van der Waals surface area contributed by atoms with Crippen LogP contribution in [0.1, 0.15) is 25.8 Å². The third kappa shape index (κ3) is 7.50. The molecule has 0 saturated heterocycles. The van der Waals surface area contributed by atoms with Crippen molar-refractivity contribution in [3.05, 3.63) is 34.3 Å². The van der Waals surface area contributed by atoms with Crippen molar-refractivity contribution < 1.29 is 4.74 Å². The monoisotopic (exact) mass is 341 g/mol. The first-order valence-electron chi connectivity index (χ1n) is 7.10. The van der Waals surface area contributed by atoms with Gasteiger partial charge in [-0.2, -0.15) is 0 Å². The molecule has 1 rings (SSSR count). The Morgan fingerprint density at radius 1 is 1.30 bits per heavy atom. The summed E-state index contributed by atoms with van der Waals surface area (Å²) in [5.41, 5.74) is 1.19. The summed E-state index contributed by atoms with van der Waals surface area (Å²) < 4.78 is 6.40. The maximum absolute atomic E-state index is 5.31. The number of nitrogens with zero attached hydrogens (tertiary/aromatic N) is 1. The Morgan fingerprint density at radius 3 is 2.85 bits per heavy atom. The number of ether oxygens (including phenoxy) is 1. The smallest absolute Gasteiger partial charge is 0.191 e. The molecule has 0 heterocycles. The van der Waals surface area contributed by atoms with Crippen LogP contribution in [0.5, 0.6) is 0 Å². The summed E-state index contributed by atoms with van der Waals surface area (Å²) in [6, 6.07) is 8.21. The minimum atomic E-state index is 0.667. The van der Waals surface area contributed by atoms with Gasteiger partial charge in [0.15, 0.2) is 5.96 Å². The Kier molecular flexibility index (Phi) is 9.07. The Bertz CT molecular complexity index is 410. The van der Waals surface area contributed by atoms with E-state index in [4.69, 9.17) is 4.74 Å². The van der Waals surface area contributed by atoms with Gasteiger partial charge < -0.3 is 15.4 Å². The van der Waals surface area contributed by atoms with Gasteiger partial charge in [-0.25, -0.2) is 4.99 Å². The normalized spacial score (nSPS) is 11.4. The highest BCUT2D eigenvalue weighted by Gasteiger charge is 1.98. The van der Waals surface area contributed by atoms with E-state index < -0.39 is 0 Å². The van der Waals surface area contributed by atoms with Crippen molar-refractivity contribution in [1.82, 2.24) is 10.6 Å². The number of hydrogen-bond acceptors (Lipinski definition) is 2. The number of aliphatic imine (C=N–C) groups is 1. The summed E-state index contributed by atoms with van der Waals surface area (Å²) in [5, 5.41) is 6.56. The standard InChI is InChI=1S/C15H24BrN3O/c1-3-17-15(18-9-6-10-20-4-2)19-12-13-7-5-8-14(16)11-13/h5,7-8,11H,3-4,6,9-10,12H2,1-2H3,(H2,17,18,19). The number of halogens is 1. The lowest BCUT2D eigenvalue weighted by Crippen LogP contribution is -2.38. The molecule has 4 nitrogen and oxygen atoms in total. The second-order valence-corrected chi connectivity index (χ2v) is 5.22. The van der Waals surface area contributed by atoms with Crippen LogP contribution in [-0.2, 0) is 11.3 Å². The minimum Gasteiger partial charge on any atom is -0.382 e. The van der Waals surface area contributed by atoms with E-state index in [2.05, 4.69) is 50.6 Å². The average molecular weight is 342 g/mol. The van der Waals surface area contributed by atoms with E-state index in [1.54, 1.807) is 0 Å². The van der Waals surface area contributed by atoms with Crippen molar-refractivity contribution in [3.8, 4) is 0 Å². The van der Waals surface area contributed by atoms with Gasteiger partial charge in [-0.05, 0) is 38.0 Å². The van der Waals surface area contributed by atoms with Gasteiger partial charge in [0.1, 0.15) is 0 Å². The van der Waals surface area contributed by atoms with Crippen LogP contribution in [0.25, 0.3) is 0 Å². The summed E-state index contributed by atoms with van der Waals surface area (Å²) in [6.45, 7) is 8.03. The van der Waals surface area contributed by atoms with E-state index in [0.717, 1.165) is 43.2 Å². The molecule has 0 bridgehead atoms. The molecule has 0 spiro atoms. The van der Waals surface area contributed by atoms with Gasteiger partial charge >= 0.3 is 0 Å². The zero-order valence-corrected chi connectivity index (χ0v) is 13.9. The Labute approximate surface area is 130 Å². The van der Waals surface area contributed by atoms with Crippen LogP contribution in [0, 0.1) is 0 Å². The van der Waals surface area contributed by atoms with Gasteiger partial charge in [-0.15, -0.1) is 0 Å². The van der Waals surface area contributed by atoms with Crippen LogP contribution < -0.4 is 10.6 Å². The first-order chi connectivity index (χ1) is 9.76. The van der Waals surface area contributed by atoms with Gasteiger partial charge in [0.05, 0.1) is 6.54 Å². The quantitative estimate of drug-likeness (QED) is 0.434. The van der Waals surface area contributed by atoms with E-state index in [9.17, 15) is 0 Å². The molecule has 0 aliphatic heterocycles. The van der Waals surface area contributed by atoms with Crippen LogP contribution >= 0.6 is 15.9 Å². The number of hydrogen-bond donors (Lipinski definition) is 2. The molecule has 0 radical (unpaired) electrons. The van der Waals surface area contributed by atoms with E-state index in [0.29, 0.717) is 6.54 Å². The predicted octanol–water partition coefficient (Wildman–Crippen LogP) is 2.93. The molecule has 0 amide bonds. The van der Waals surface area contributed by atoms with E-state index in [-0.39, 0.29) is 0 Å². The number of benzene rings is 1. The van der Waals surface area contributed by atoms with E-state index in [1.165, 1.54) is 5.56 Å². The van der Waals surface area contributed by atoms with Crippen molar-refractivity contribution >= 4 is 21.9 Å². The fourth-order valence-corrected chi connectivity index (χ4v) is 2.12. The van der Waals surface area contributed by atoms with Gasteiger partial charge in [-0.1, -0.05) is 28.1 Å². The molecule has 112 valence electrons. The van der Waals surface area contributed by atoms with Crippen LogP contribution in [-0.4, -0.2) is 32.3 Å². The lowest BCUT2D eigenvalue weighted by Gasteiger charge is -2.11. The Morgan fingerprint density at radius 2 is 2.15 bits per heavy atom. The maximum atomic E-state index is 5.31. The van der Waals surface area contributed by atoms with Gasteiger partial charge in [0.25, 0.3) is 0 Å². The highest BCUT2D eigenvalue weighted by Crippen LogP contribution is 2.12. The zero-order chi connectivity index (χ0) is 14.6. The van der Waals surface area contributed by atoms with Gasteiger partial charge in [0, 0.05) is 30.8 Å². The average Bonchev–Trinajstić information content (AvgIpc) is 2.44. The van der Waals surface area contributed by atoms with Crippen LogP contribution in [0.15, 0.2) is 33.7 Å². The number of nitrogens with one attached hydrogen (secondary N) is 2. The van der Waals surface area contributed by atoms with Crippen LogP contribution in [0.4, 0.5) is 0 Å². The second-order valence-electron chi connectivity index (χ2n) is 4.30. The lowest BCUT2D eigenvalue weighted by molar-refractivity contribution is 0.145. The maximum Gasteiger partial charge on any atom is 0.191 e. The Hall–Kier alpha value is -1.07. The van der Waals surface area contributed by atoms with E-state index >= 15 is 0 Å². The summed E-state index contributed by atoms with van der Waals surface area (Å²) in [7, 11) is 0. The summed E-state index contributed by atoms with van der Waals surface area (Å²) >= 11 is 3.47. The molecule has 0 saturated carbocycles. The number of rotatable bonds is 8. The van der Waals surface area contributed by atoms with Crippen LogP contribution in [0.2, 0.25) is 0 Å². The SMILES string of the molecule is CCNC(=NCc1cccc(Br)c1)NCCCOCC. The molecule has 1 aromatic carbocycles. The molecule has 0 unspecified atom stereocenters. The molecular formula is C15H24BrN3O. The molecule has 0 aromatic heterocycles. The molecule has 20 heavy (non-hydrogen) atoms. The minimum absolute atomic E-state index is 0.667. The highest BCUT2D eigenvalue weighted by atomic mass is 79.9. The van der Waals surface area contributed by atoms with Crippen LogP contribution in [0.3, 0.4) is 0 Å². The summed E-state index contributed by atoms with van der Waals surface area (Å²) in [5.74, 6) is 0.851. The van der Waals surface area contributed by atoms with Crippen molar-refractivity contribution in [2.45, 2.75) is 26.8 Å². The first kappa shape index (κ1) is 17.0. The van der Waals surface area contributed by atoms with Gasteiger partial charge in [-0.3, -0.25) is 0 Å². The Balaban J connectivity index is 2.41. The van der Waals surface area contributed by atoms with Crippen molar-refractivity contribution in [2.24, 2.45) is 4.99 Å². The van der Waals surface area contributed by atoms with Crippen molar-refractivity contribution in [3.63, 3.8) is 0 Å². The van der Waals surface area contributed by atoms with Crippen molar-refractivity contribution in [2.75, 3.05) is 26.3 Å². The molecular weight excluding hydrogens is 318 g/mol. The third-order valence-corrected chi connectivity index (χ3v) is 3.11. The molecule has 5 heteroatoms. The third-order valence-electron chi connectivity index (χ3n) is 2.62. The molecule has 0 aliphatic carbocycles. The van der Waals surface area contributed by atoms with E-state index in [1.807, 2.05) is 19.1 Å². The summed E-state index contributed by atoms with van der Waals surface area (Å²) in [6.07, 6.45) is 0.981. The largest absolute Gasteiger partial charge is 0.382 e. The van der Waals surface area contributed by atoms with Crippen molar-refractivity contribution in [1.29, 1.82) is 0 Å². The second kappa shape index (κ2) is 10.7. The highest BCUT2D eigenvalue weighted by molar-refractivity contribution is 9.10. The summed E-state index contributed by atoms with van der Waals surface area (Å²) in [4.78, 5) is 4.58. The molecule has 1 aromatic rings. The topological polar surface area (TPSA) is 45.7 Å². The predicted molar refractivity (Wildman–Crippen MR) is 88.1 cm³/mol. The lowest BCUT2D eigenvalue weighted by atomic mass is 10.2. The zero-order valence-electron chi connectivity index (χ0n) is 12.3. The first-order valence-corrected chi connectivity index (χ1v) is 7.90. The molecule has 0 aliphatic rings. The van der Waals surface area contributed by atoms with Gasteiger partial charge in [0.2, 0.25) is 0 Å².